The number of anilines is 1. The van der Waals surface area contributed by atoms with Gasteiger partial charge in [0.05, 0.1) is 5.69 Å². The molecule has 0 fully saturated rings. The third-order valence-electron chi connectivity index (χ3n) is 2.69. The normalized spacial score (nSPS) is 10.2. The van der Waals surface area contributed by atoms with Crippen molar-refractivity contribution in [2.75, 3.05) is 12.4 Å². The van der Waals surface area contributed by atoms with E-state index in [1.165, 1.54) is 0 Å². The summed E-state index contributed by atoms with van der Waals surface area (Å²) in [6.07, 6.45) is 3.55. The zero-order valence-corrected chi connectivity index (χ0v) is 9.65. The molecule has 0 aliphatic carbocycles. The highest BCUT2D eigenvalue weighted by molar-refractivity contribution is 5.65. The van der Waals surface area contributed by atoms with Gasteiger partial charge in [0.15, 0.2) is 5.82 Å². The van der Waals surface area contributed by atoms with E-state index < -0.39 is 0 Å². The van der Waals surface area contributed by atoms with Gasteiger partial charge >= 0.3 is 0 Å². The molecule has 2 aromatic rings. The largest absolute Gasteiger partial charge is 0.371 e. The third kappa shape index (κ3) is 1.74. The lowest BCUT2D eigenvalue weighted by Gasteiger charge is -2.10. The molecule has 0 saturated heterocycles. The lowest BCUT2D eigenvalue weighted by Crippen LogP contribution is -2.02. The van der Waals surface area contributed by atoms with E-state index in [1.807, 2.05) is 33.0 Å². The summed E-state index contributed by atoms with van der Waals surface area (Å²) >= 11 is 0. The van der Waals surface area contributed by atoms with Gasteiger partial charge in [0.1, 0.15) is 0 Å². The van der Waals surface area contributed by atoms with Crippen molar-refractivity contribution >= 4 is 5.82 Å². The summed E-state index contributed by atoms with van der Waals surface area (Å²) in [7, 11) is 1.85. The zero-order chi connectivity index (χ0) is 11.5. The van der Waals surface area contributed by atoms with Crippen LogP contribution in [-0.2, 0) is 0 Å². The molecule has 4 heteroatoms. The van der Waals surface area contributed by atoms with E-state index in [9.17, 15) is 0 Å². The highest BCUT2D eigenvalue weighted by atomic mass is 15.2. The Morgan fingerprint density at radius 2 is 1.94 bits per heavy atom. The molecule has 16 heavy (non-hydrogen) atoms. The quantitative estimate of drug-likeness (QED) is 0.832. The molecule has 2 rings (SSSR count). The molecule has 0 atom stereocenters. The Morgan fingerprint density at radius 1 is 1.12 bits per heavy atom. The van der Waals surface area contributed by atoms with Crippen molar-refractivity contribution < 1.29 is 0 Å². The molecule has 4 nitrogen and oxygen atoms in total. The number of rotatable bonds is 2. The fourth-order valence-corrected chi connectivity index (χ4v) is 1.62. The third-order valence-corrected chi connectivity index (χ3v) is 2.69. The zero-order valence-electron chi connectivity index (χ0n) is 9.65. The van der Waals surface area contributed by atoms with Gasteiger partial charge in [-0.15, -0.1) is 10.2 Å². The van der Waals surface area contributed by atoms with Gasteiger partial charge in [0.25, 0.3) is 0 Å². The van der Waals surface area contributed by atoms with Crippen molar-refractivity contribution in [1.82, 2.24) is 15.2 Å². The van der Waals surface area contributed by atoms with Gasteiger partial charge in [-0.3, -0.25) is 4.98 Å². The van der Waals surface area contributed by atoms with Crippen LogP contribution in [-0.4, -0.2) is 22.2 Å². The molecule has 0 bridgehead atoms. The van der Waals surface area contributed by atoms with Gasteiger partial charge in [-0.1, -0.05) is 0 Å². The molecule has 82 valence electrons. The minimum atomic E-state index is 0.824. The first kappa shape index (κ1) is 10.5. The average molecular weight is 214 g/mol. The molecule has 0 aromatic carbocycles. The van der Waals surface area contributed by atoms with E-state index in [4.69, 9.17) is 0 Å². The Morgan fingerprint density at radius 3 is 2.56 bits per heavy atom. The van der Waals surface area contributed by atoms with Crippen LogP contribution in [0.4, 0.5) is 5.82 Å². The Balaban J connectivity index is 2.56. The molecule has 0 unspecified atom stereocenters. The lowest BCUT2D eigenvalue weighted by atomic mass is 10.1. The predicted octanol–water partition coefficient (Wildman–Crippen LogP) is 2.20. The highest BCUT2D eigenvalue weighted by Crippen LogP contribution is 2.24. The minimum absolute atomic E-state index is 0.824. The molecule has 0 amide bonds. The Hall–Kier alpha value is -1.97. The second-order valence-electron chi connectivity index (χ2n) is 3.64. The summed E-state index contributed by atoms with van der Waals surface area (Å²) in [6, 6.07) is 3.89. The van der Waals surface area contributed by atoms with Crippen LogP contribution >= 0.6 is 0 Å². The molecule has 0 aliphatic rings. The van der Waals surface area contributed by atoms with Gasteiger partial charge in [-0.25, -0.2) is 0 Å². The smallest absolute Gasteiger partial charge is 0.151 e. The molecular weight excluding hydrogens is 200 g/mol. The second-order valence-corrected chi connectivity index (χ2v) is 3.64. The number of nitrogens with zero attached hydrogens (tertiary/aromatic N) is 3. The standard InChI is InChI=1S/C12H14N4/c1-8-9(2)12(13-3)16-15-11(8)10-5-4-6-14-7-10/h4-7H,1-3H3,(H,13,16). The van der Waals surface area contributed by atoms with Gasteiger partial charge in [-0.2, -0.15) is 0 Å². The predicted molar refractivity (Wildman–Crippen MR) is 64.3 cm³/mol. The number of nitrogens with one attached hydrogen (secondary N) is 1. The van der Waals surface area contributed by atoms with Crippen molar-refractivity contribution in [2.45, 2.75) is 13.8 Å². The first-order valence-corrected chi connectivity index (χ1v) is 5.16. The second kappa shape index (κ2) is 4.26. The van der Waals surface area contributed by atoms with E-state index in [1.54, 1.807) is 12.4 Å². The average Bonchev–Trinajstić information content (AvgIpc) is 2.34. The van der Waals surface area contributed by atoms with Crippen LogP contribution < -0.4 is 5.32 Å². The van der Waals surface area contributed by atoms with Crippen LogP contribution in [0.5, 0.6) is 0 Å². The Bertz CT molecular complexity index is 494. The minimum Gasteiger partial charge on any atom is -0.371 e. The van der Waals surface area contributed by atoms with Crippen LogP contribution in [0.25, 0.3) is 11.3 Å². The van der Waals surface area contributed by atoms with E-state index in [2.05, 4.69) is 20.5 Å². The number of pyridine rings is 1. The van der Waals surface area contributed by atoms with E-state index in [0.29, 0.717) is 0 Å². The highest BCUT2D eigenvalue weighted by Gasteiger charge is 2.09. The van der Waals surface area contributed by atoms with Gasteiger partial charge in [0.2, 0.25) is 0 Å². The lowest BCUT2D eigenvalue weighted by molar-refractivity contribution is 1.00. The van der Waals surface area contributed by atoms with Crippen molar-refractivity contribution in [3.8, 4) is 11.3 Å². The Kier molecular flexibility index (Phi) is 2.81. The van der Waals surface area contributed by atoms with Crippen LogP contribution in [0, 0.1) is 13.8 Å². The first-order chi connectivity index (χ1) is 7.74. The summed E-state index contributed by atoms with van der Waals surface area (Å²) in [5.41, 5.74) is 4.14. The summed E-state index contributed by atoms with van der Waals surface area (Å²) in [4.78, 5) is 4.09. The van der Waals surface area contributed by atoms with Gasteiger partial charge in [0, 0.05) is 25.0 Å². The summed E-state index contributed by atoms with van der Waals surface area (Å²) < 4.78 is 0. The number of aromatic nitrogens is 3. The monoisotopic (exact) mass is 214 g/mol. The van der Waals surface area contributed by atoms with Crippen molar-refractivity contribution in [1.29, 1.82) is 0 Å². The fraction of sp³-hybridized carbons (Fsp3) is 0.250. The van der Waals surface area contributed by atoms with E-state index >= 15 is 0 Å². The van der Waals surface area contributed by atoms with Gasteiger partial charge in [-0.05, 0) is 37.1 Å². The maximum absolute atomic E-state index is 4.23. The van der Waals surface area contributed by atoms with Crippen LogP contribution in [0.2, 0.25) is 0 Å². The Labute approximate surface area is 94.8 Å². The molecule has 0 spiro atoms. The number of hydrogen-bond acceptors (Lipinski definition) is 4. The van der Waals surface area contributed by atoms with Crippen molar-refractivity contribution in [2.24, 2.45) is 0 Å². The van der Waals surface area contributed by atoms with Crippen LogP contribution in [0.1, 0.15) is 11.1 Å². The maximum Gasteiger partial charge on any atom is 0.151 e. The van der Waals surface area contributed by atoms with Crippen LogP contribution in [0.3, 0.4) is 0 Å². The summed E-state index contributed by atoms with van der Waals surface area (Å²) in [5.74, 6) is 0.824. The van der Waals surface area contributed by atoms with Crippen molar-refractivity contribution in [3.63, 3.8) is 0 Å². The molecule has 0 saturated carbocycles. The molecule has 1 N–H and O–H groups in total. The van der Waals surface area contributed by atoms with E-state index in [-0.39, 0.29) is 0 Å². The molecule has 2 heterocycles. The van der Waals surface area contributed by atoms with Crippen molar-refractivity contribution in [3.05, 3.63) is 35.7 Å². The molecule has 0 radical (unpaired) electrons. The molecular formula is C12H14N4. The van der Waals surface area contributed by atoms with Crippen LogP contribution in [0.15, 0.2) is 24.5 Å². The maximum atomic E-state index is 4.23. The summed E-state index contributed by atoms with van der Waals surface area (Å²) in [5, 5.41) is 11.4. The SMILES string of the molecule is CNc1nnc(-c2cccnc2)c(C)c1C. The molecule has 2 aromatic heterocycles. The van der Waals surface area contributed by atoms with Gasteiger partial charge < -0.3 is 5.32 Å². The topological polar surface area (TPSA) is 50.7 Å². The summed E-state index contributed by atoms with van der Waals surface area (Å²) in [6.45, 7) is 4.09. The van der Waals surface area contributed by atoms with E-state index in [0.717, 1.165) is 28.2 Å². The first-order valence-electron chi connectivity index (χ1n) is 5.16. The fourth-order valence-electron chi connectivity index (χ4n) is 1.62. The number of hydrogen-bond donors (Lipinski definition) is 1. The molecule has 0 aliphatic heterocycles.